The Morgan fingerprint density at radius 2 is 2.42 bits per heavy atom. The van der Waals surface area contributed by atoms with Crippen molar-refractivity contribution in [3.63, 3.8) is 0 Å². The summed E-state index contributed by atoms with van der Waals surface area (Å²) in [6.07, 6.45) is 1.89. The Morgan fingerprint density at radius 1 is 1.75 bits per heavy atom. The lowest BCUT2D eigenvalue weighted by Gasteiger charge is -2.19. The van der Waals surface area contributed by atoms with Crippen molar-refractivity contribution in [3.8, 4) is 0 Å². The summed E-state index contributed by atoms with van der Waals surface area (Å²) in [5.41, 5.74) is 4.48. The average molecular weight is 170 g/mol. The second kappa shape index (κ2) is 3.20. The van der Waals surface area contributed by atoms with Crippen LogP contribution >= 0.6 is 0 Å². The van der Waals surface area contributed by atoms with Gasteiger partial charge < -0.3 is 10.8 Å². The van der Waals surface area contributed by atoms with Gasteiger partial charge >= 0.3 is 0 Å². The van der Waals surface area contributed by atoms with Crippen molar-refractivity contribution in [1.29, 1.82) is 0 Å². The molecule has 0 aromatic carbocycles. The van der Waals surface area contributed by atoms with Gasteiger partial charge in [0, 0.05) is 20.0 Å². The maximum absolute atomic E-state index is 9.61. The Hall–Kier alpha value is -0.940. The summed E-state index contributed by atoms with van der Waals surface area (Å²) < 4.78 is 1.63. The predicted octanol–water partition coefficient (Wildman–Crippen LogP) is -0.933. The van der Waals surface area contributed by atoms with E-state index in [-0.39, 0.29) is 6.54 Å². The lowest BCUT2D eigenvalue weighted by atomic mass is 10.0. The zero-order valence-electron chi connectivity index (χ0n) is 7.36. The second-order valence-corrected chi connectivity index (χ2v) is 3.18. The summed E-state index contributed by atoms with van der Waals surface area (Å²) >= 11 is 0. The summed E-state index contributed by atoms with van der Waals surface area (Å²) in [7, 11) is 1.79. The van der Waals surface area contributed by atoms with E-state index in [0.717, 1.165) is 5.82 Å². The third-order valence-corrected chi connectivity index (χ3v) is 1.78. The van der Waals surface area contributed by atoms with E-state index in [1.807, 2.05) is 0 Å². The molecular formula is C7H14N4O. The molecule has 3 N–H and O–H groups in total. The summed E-state index contributed by atoms with van der Waals surface area (Å²) in [5, 5.41) is 13.5. The SMILES string of the molecule is Cn1ncnc1CC(C)(O)CN. The molecule has 0 aliphatic heterocycles. The molecule has 1 unspecified atom stereocenters. The number of hydrogen-bond donors (Lipinski definition) is 2. The second-order valence-electron chi connectivity index (χ2n) is 3.18. The van der Waals surface area contributed by atoms with Crippen molar-refractivity contribution < 1.29 is 5.11 Å². The Labute approximate surface area is 71.2 Å². The van der Waals surface area contributed by atoms with Gasteiger partial charge in [0.1, 0.15) is 12.2 Å². The fourth-order valence-electron chi connectivity index (χ4n) is 0.893. The van der Waals surface area contributed by atoms with E-state index in [2.05, 4.69) is 10.1 Å². The van der Waals surface area contributed by atoms with E-state index < -0.39 is 5.60 Å². The molecule has 0 fully saturated rings. The summed E-state index contributed by atoms with van der Waals surface area (Å²) in [5.74, 6) is 0.741. The van der Waals surface area contributed by atoms with Gasteiger partial charge in [-0.05, 0) is 6.92 Å². The normalized spacial score (nSPS) is 16.0. The van der Waals surface area contributed by atoms with Crippen LogP contribution in [0, 0.1) is 0 Å². The summed E-state index contributed by atoms with van der Waals surface area (Å²) in [6, 6.07) is 0. The third-order valence-electron chi connectivity index (χ3n) is 1.78. The first kappa shape index (κ1) is 9.15. The molecule has 0 amide bonds. The minimum absolute atomic E-state index is 0.222. The number of aryl methyl sites for hydroxylation is 1. The number of nitrogens with zero attached hydrogens (tertiary/aromatic N) is 3. The van der Waals surface area contributed by atoms with Crippen molar-refractivity contribution in [2.75, 3.05) is 6.54 Å². The minimum Gasteiger partial charge on any atom is -0.388 e. The monoisotopic (exact) mass is 170 g/mol. The van der Waals surface area contributed by atoms with Gasteiger partial charge in [0.05, 0.1) is 5.60 Å². The van der Waals surface area contributed by atoms with Gasteiger partial charge in [-0.3, -0.25) is 4.68 Å². The maximum atomic E-state index is 9.61. The Balaban J connectivity index is 2.70. The molecule has 0 aliphatic rings. The van der Waals surface area contributed by atoms with Crippen molar-refractivity contribution >= 4 is 0 Å². The smallest absolute Gasteiger partial charge is 0.138 e. The van der Waals surface area contributed by atoms with Crippen molar-refractivity contribution in [3.05, 3.63) is 12.2 Å². The molecule has 1 aromatic rings. The minimum atomic E-state index is -0.888. The van der Waals surface area contributed by atoms with Gasteiger partial charge in [0.15, 0.2) is 0 Å². The van der Waals surface area contributed by atoms with E-state index in [9.17, 15) is 5.11 Å². The molecular weight excluding hydrogens is 156 g/mol. The molecule has 1 aromatic heterocycles. The van der Waals surface area contributed by atoms with Gasteiger partial charge in [0.25, 0.3) is 0 Å². The van der Waals surface area contributed by atoms with Crippen LogP contribution in [0.5, 0.6) is 0 Å². The first-order valence-corrected chi connectivity index (χ1v) is 3.80. The van der Waals surface area contributed by atoms with Crippen LogP contribution in [0.3, 0.4) is 0 Å². The number of rotatable bonds is 3. The highest BCUT2D eigenvalue weighted by molar-refractivity contribution is 4.92. The average Bonchev–Trinajstić information content (AvgIpc) is 2.36. The van der Waals surface area contributed by atoms with Gasteiger partial charge in [0.2, 0.25) is 0 Å². The highest BCUT2D eigenvalue weighted by Gasteiger charge is 2.20. The van der Waals surface area contributed by atoms with Gasteiger partial charge in [-0.2, -0.15) is 5.10 Å². The first-order chi connectivity index (χ1) is 5.55. The van der Waals surface area contributed by atoms with Crippen molar-refractivity contribution in [1.82, 2.24) is 14.8 Å². The zero-order valence-corrected chi connectivity index (χ0v) is 7.36. The number of aromatic nitrogens is 3. The Bertz CT molecular complexity index is 256. The van der Waals surface area contributed by atoms with Gasteiger partial charge in [-0.25, -0.2) is 4.98 Å². The van der Waals surface area contributed by atoms with Crippen LogP contribution in [0.25, 0.3) is 0 Å². The van der Waals surface area contributed by atoms with Gasteiger partial charge in [-0.15, -0.1) is 0 Å². The van der Waals surface area contributed by atoms with Crippen molar-refractivity contribution in [2.24, 2.45) is 12.8 Å². The molecule has 1 heterocycles. The fourth-order valence-corrected chi connectivity index (χ4v) is 0.893. The summed E-state index contributed by atoms with van der Waals surface area (Å²) in [6.45, 7) is 1.90. The molecule has 1 atom stereocenters. The molecule has 68 valence electrons. The highest BCUT2D eigenvalue weighted by Crippen LogP contribution is 2.07. The van der Waals surface area contributed by atoms with Crippen molar-refractivity contribution in [2.45, 2.75) is 18.9 Å². The number of aliphatic hydroxyl groups is 1. The van der Waals surface area contributed by atoms with E-state index in [1.54, 1.807) is 18.7 Å². The first-order valence-electron chi connectivity index (χ1n) is 3.80. The fraction of sp³-hybridized carbons (Fsp3) is 0.714. The molecule has 0 radical (unpaired) electrons. The largest absolute Gasteiger partial charge is 0.388 e. The molecule has 0 bridgehead atoms. The lowest BCUT2D eigenvalue weighted by molar-refractivity contribution is 0.0666. The van der Waals surface area contributed by atoms with Crippen LogP contribution in [-0.4, -0.2) is 32.0 Å². The molecule has 5 heteroatoms. The van der Waals surface area contributed by atoms with Crippen LogP contribution in [0.15, 0.2) is 6.33 Å². The van der Waals surface area contributed by atoms with Crippen LogP contribution in [0.1, 0.15) is 12.7 Å². The molecule has 0 aliphatic carbocycles. The molecule has 0 saturated carbocycles. The summed E-state index contributed by atoms with van der Waals surface area (Å²) in [4.78, 5) is 3.99. The number of nitrogens with two attached hydrogens (primary N) is 1. The maximum Gasteiger partial charge on any atom is 0.138 e. The topological polar surface area (TPSA) is 77.0 Å². The standard InChI is InChI=1S/C7H14N4O/c1-7(12,4-8)3-6-9-5-10-11(6)2/h5,12H,3-4,8H2,1-2H3. The molecule has 0 saturated heterocycles. The predicted molar refractivity (Wildman–Crippen MR) is 44.4 cm³/mol. The lowest BCUT2D eigenvalue weighted by Crippen LogP contribution is -2.37. The van der Waals surface area contributed by atoms with E-state index >= 15 is 0 Å². The molecule has 5 nitrogen and oxygen atoms in total. The van der Waals surface area contributed by atoms with E-state index in [4.69, 9.17) is 5.73 Å². The van der Waals surface area contributed by atoms with E-state index in [0.29, 0.717) is 6.42 Å². The van der Waals surface area contributed by atoms with E-state index in [1.165, 1.54) is 6.33 Å². The van der Waals surface area contributed by atoms with Crippen LogP contribution in [0.4, 0.5) is 0 Å². The van der Waals surface area contributed by atoms with Gasteiger partial charge in [-0.1, -0.05) is 0 Å². The number of hydrogen-bond acceptors (Lipinski definition) is 4. The molecule has 1 rings (SSSR count). The van der Waals surface area contributed by atoms with Crippen LogP contribution < -0.4 is 5.73 Å². The third kappa shape index (κ3) is 2.02. The molecule has 12 heavy (non-hydrogen) atoms. The highest BCUT2D eigenvalue weighted by atomic mass is 16.3. The molecule has 0 spiro atoms. The Morgan fingerprint density at radius 3 is 2.83 bits per heavy atom. The Kier molecular flexibility index (Phi) is 2.44. The quantitative estimate of drug-likeness (QED) is 0.614. The van der Waals surface area contributed by atoms with Crippen LogP contribution in [0.2, 0.25) is 0 Å². The van der Waals surface area contributed by atoms with Crippen LogP contribution in [-0.2, 0) is 13.5 Å². The zero-order chi connectivity index (χ0) is 9.19.